The van der Waals surface area contributed by atoms with E-state index in [1.54, 1.807) is 14.1 Å². The monoisotopic (exact) mass is 211 g/mol. The van der Waals surface area contributed by atoms with Crippen LogP contribution in [0.3, 0.4) is 0 Å². The van der Waals surface area contributed by atoms with Crippen LogP contribution in [-0.4, -0.2) is 42.7 Å². The van der Waals surface area contributed by atoms with Gasteiger partial charge in [-0.15, -0.1) is 0 Å². The molecule has 0 aromatic heterocycles. The highest BCUT2D eigenvalue weighted by Gasteiger charge is 2.19. The van der Waals surface area contributed by atoms with E-state index >= 15 is 0 Å². The van der Waals surface area contributed by atoms with Gasteiger partial charge in [0.25, 0.3) is 0 Å². The fourth-order valence-corrected chi connectivity index (χ4v) is 0.407. The second-order valence-electron chi connectivity index (χ2n) is 2.65. The van der Waals surface area contributed by atoms with Gasteiger partial charge in [0, 0.05) is 0 Å². The maximum Gasteiger partial charge on any atom is 0.310 e. The van der Waals surface area contributed by atoms with Crippen molar-refractivity contribution in [2.24, 2.45) is 0 Å². The van der Waals surface area contributed by atoms with Gasteiger partial charge in [0.1, 0.15) is 6.54 Å². The first-order valence-electron chi connectivity index (χ1n) is 2.95. The normalized spacial score (nSPS) is 10.4. The van der Waals surface area contributed by atoms with E-state index in [-0.39, 0.29) is 34.0 Å². The van der Waals surface area contributed by atoms with Crippen LogP contribution in [0.25, 0.3) is 0 Å². The van der Waals surface area contributed by atoms with Gasteiger partial charge in [-0.1, -0.05) is 0 Å². The molecule has 1 N–H and O–H groups in total. The Bertz CT molecular complexity index is 114. The number of amides is 1. The number of aliphatic hydroxyl groups is 1. The summed E-state index contributed by atoms with van der Waals surface area (Å²) < 4.78 is 0.260. The number of likely N-dealkylation sites (N-methyl/N-ethyl adjacent to an activating group) is 1. The lowest BCUT2D eigenvalue weighted by atomic mass is 10.4. The number of carbonyl (C=O) groups is 1. The van der Waals surface area contributed by atoms with Crippen LogP contribution in [0, 0.1) is 0 Å². The molecule has 0 heterocycles. The zero-order valence-corrected chi connectivity index (χ0v) is 8.18. The molecule has 0 aliphatic carbocycles. The van der Waals surface area contributed by atoms with Gasteiger partial charge in [-0.2, -0.15) is 0 Å². The van der Waals surface area contributed by atoms with E-state index in [1.807, 2.05) is 0 Å². The zero-order valence-electron chi connectivity index (χ0n) is 6.59. The molecule has 0 atom stereocenters. The minimum atomic E-state index is 0. The summed E-state index contributed by atoms with van der Waals surface area (Å²) in [5.74, 6) is 0.0732. The molecular formula is C6H14BrNO2. The maximum absolute atomic E-state index is 10.7. The minimum absolute atomic E-state index is 0. The van der Waals surface area contributed by atoms with Gasteiger partial charge >= 0.3 is 5.91 Å². The Morgan fingerprint density at radius 1 is 1.50 bits per heavy atom. The van der Waals surface area contributed by atoms with Gasteiger partial charge in [0.05, 0.1) is 27.6 Å². The molecule has 0 aliphatic rings. The molecule has 10 heavy (non-hydrogen) atoms. The maximum atomic E-state index is 10.7. The Balaban J connectivity index is 0. The molecule has 0 aliphatic heterocycles. The van der Waals surface area contributed by atoms with E-state index in [1.165, 1.54) is 6.92 Å². The second kappa shape index (κ2) is 4.82. The summed E-state index contributed by atoms with van der Waals surface area (Å²) in [6.07, 6.45) is 0. The number of halogens is 1. The molecule has 0 radical (unpaired) electrons. The van der Waals surface area contributed by atoms with Gasteiger partial charge in [-0.3, -0.25) is 4.48 Å². The molecule has 0 spiro atoms. The highest BCUT2D eigenvalue weighted by molar-refractivity contribution is 5.65. The van der Waals surface area contributed by atoms with Crippen LogP contribution >= 0.6 is 0 Å². The van der Waals surface area contributed by atoms with Crippen LogP contribution in [0.15, 0.2) is 0 Å². The summed E-state index contributed by atoms with van der Waals surface area (Å²) in [6.45, 7) is 2.08. The first-order chi connectivity index (χ1) is 4.00. The van der Waals surface area contributed by atoms with Crippen molar-refractivity contribution in [3.8, 4) is 0 Å². The van der Waals surface area contributed by atoms with Crippen LogP contribution in [0.2, 0.25) is 0 Å². The van der Waals surface area contributed by atoms with Crippen LogP contribution in [-0.2, 0) is 4.79 Å². The first kappa shape index (κ1) is 12.7. The summed E-state index contributed by atoms with van der Waals surface area (Å²) in [4.78, 5) is 10.7. The van der Waals surface area contributed by atoms with Gasteiger partial charge in [-0.05, 0) is 0 Å². The minimum Gasteiger partial charge on any atom is -1.00 e. The number of hydrogen-bond donors (Lipinski definition) is 1. The first-order valence-corrected chi connectivity index (χ1v) is 2.95. The zero-order chi connectivity index (χ0) is 7.49. The standard InChI is InChI=1S/C6H14NO2.BrH/c1-6(9)7(2,3)4-5-8;/h8H,4-5H2,1-3H3;1H/q+1;/p-1. The molecule has 3 nitrogen and oxygen atoms in total. The Kier molecular flexibility index (Phi) is 6.13. The Labute approximate surface area is 72.0 Å². The molecule has 0 saturated heterocycles. The van der Waals surface area contributed by atoms with Crippen molar-refractivity contribution in [2.75, 3.05) is 27.2 Å². The molecule has 4 heteroatoms. The summed E-state index contributed by atoms with van der Waals surface area (Å²) in [5.41, 5.74) is 0. The average Bonchev–Trinajstić information content (AvgIpc) is 1.65. The SMILES string of the molecule is CC(=O)[N+](C)(C)CCO.[Br-]. The van der Waals surface area contributed by atoms with Crippen molar-refractivity contribution in [1.29, 1.82) is 0 Å². The number of aliphatic hydroxyl groups excluding tert-OH is 1. The van der Waals surface area contributed by atoms with Crippen LogP contribution in [0.4, 0.5) is 0 Å². The van der Waals surface area contributed by atoms with Crippen LogP contribution < -0.4 is 17.0 Å². The van der Waals surface area contributed by atoms with Crippen molar-refractivity contribution < 1.29 is 31.4 Å². The second-order valence-corrected chi connectivity index (χ2v) is 2.65. The molecule has 0 aromatic rings. The fourth-order valence-electron chi connectivity index (χ4n) is 0.407. The topological polar surface area (TPSA) is 37.3 Å². The fraction of sp³-hybridized carbons (Fsp3) is 0.833. The van der Waals surface area contributed by atoms with Gasteiger partial charge in [0.15, 0.2) is 0 Å². The number of quaternary nitrogens is 1. The van der Waals surface area contributed by atoms with E-state index in [4.69, 9.17) is 5.11 Å². The largest absolute Gasteiger partial charge is 1.00 e. The number of nitrogens with zero attached hydrogens (tertiary/aromatic N) is 1. The predicted octanol–water partition coefficient (Wildman–Crippen LogP) is -3.39. The van der Waals surface area contributed by atoms with E-state index in [9.17, 15) is 4.79 Å². The Morgan fingerprint density at radius 3 is 2.00 bits per heavy atom. The third-order valence-corrected chi connectivity index (χ3v) is 1.51. The summed E-state index contributed by atoms with van der Waals surface area (Å²) >= 11 is 0. The quantitative estimate of drug-likeness (QED) is 0.484. The van der Waals surface area contributed by atoms with E-state index in [0.717, 1.165) is 0 Å². The number of rotatable bonds is 2. The summed E-state index contributed by atoms with van der Waals surface area (Å²) in [7, 11) is 3.55. The average molecular weight is 212 g/mol. The molecule has 1 amide bonds. The third-order valence-electron chi connectivity index (χ3n) is 1.51. The number of carbonyl (C=O) groups excluding carboxylic acids is 1. The number of hydrogen-bond acceptors (Lipinski definition) is 2. The third kappa shape index (κ3) is 3.98. The van der Waals surface area contributed by atoms with Crippen LogP contribution in [0.5, 0.6) is 0 Å². The van der Waals surface area contributed by atoms with Crippen LogP contribution in [0.1, 0.15) is 6.92 Å². The van der Waals surface area contributed by atoms with E-state index in [0.29, 0.717) is 6.54 Å². The van der Waals surface area contributed by atoms with Crippen molar-refractivity contribution in [3.05, 3.63) is 0 Å². The van der Waals surface area contributed by atoms with Gasteiger partial charge < -0.3 is 22.1 Å². The Morgan fingerprint density at radius 2 is 1.90 bits per heavy atom. The van der Waals surface area contributed by atoms with E-state index in [2.05, 4.69) is 0 Å². The highest BCUT2D eigenvalue weighted by atomic mass is 79.9. The van der Waals surface area contributed by atoms with Gasteiger partial charge in [-0.25, -0.2) is 4.79 Å². The molecule has 0 unspecified atom stereocenters. The lowest BCUT2D eigenvalue weighted by Crippen LogP contribution is -3.00. The molecule has 0 rings (SSSR count). The lowest BCUT2D eigenvalue weighted by molar-refractivity contribution is -0.813. The van der Waals surface area contributed by atoms with Crippen molar-refractivity contribution >= 4 is 5.91 Å². The smallest absolute Gasteiger partial charge is 0.310 e. The lowest BCUT2D eigenvalue weighted by Gasteiger charge is -2.23. The van der Waals surface area contributed by atoms with Crippen molar-refractivity contribution in [1.82, 2.24) is 0 Å². The highest BCUT2D eigenvalue weighted by Crippen LogP contribution is 1.94. The molecular weight excluding hydrogens is 198 g/mol. The van der Waals surface area contributed by atoms with E-state index < -0.39 is 0 Å². The predicted molar refractivity (Wildman–Crippen MR) is 34.7 cm³/mol. The molecule has 0 fully saturated rings. The summed E-state index contributed by atoms with van der Waals surface area (Å²) in [6, 6.07) is 0. The van der Waals surface area contributed by atoms with Gasteiger partial charge in [0.2, 0.25) is 0 Å². The molecule has 0 bridgehead atoms. The molecule has 62 valence electrons. The Hall–Kier alpha value is 0.0700. The summed E-state index contributed by atoms with van der Waals surface area (Å²) in [5, 5.41) is 8.48. The van der Waals surface area contributed by atoms with Crippen molar-refractivity contribution in [2.45, 2.75) is 6.92 Å². The van der Waals surface area contributed by atoms with Crippen molar-refractivity contribution in [3.63, 3.8) is 0 Å². The molecule has 0 saturated carbocycles. The molecule has 0 aromatic carbocycles.